The quantitative estimate of drug-likeness (QED) is 0.297. The Labute approximate surface area is 173 Å². The molecule has 9 nitrogen and oxygen atoms in total. The molecule has 3 rings (SSSR count). The molecule has 0 bridgehead atoms. The molecule has 0 spiro atoms. The summed E-state index contributed by atoms with van der Waals surface area (Å²) >= 11 is 0. The number of nitrogens with one attached hydrogen (secondary N) is 3. The van der Waals surface area contributed by atoms with E-state index in [0.717, 1.165) is 22.9 Å². The van der Waals surface area contributed by atoms with Crippen LogP contribution < -0.4 is 20.8 Å². The summed E-state index contributed by atoms with van der Waals surface area (Å²) < 4.78 is 0. The number of hydrogen-bond donors (Lipinski definition) is 5. The monoisotopic (exact) mass is 409 g/mol. The molecule has 5 N–H and O–H groups in total. The van der Waals surface area contributed by atoms with E-state index in [4.69, 9.17) is 5.21 Å². The number of quaternary nitrogens is 2. The van der Waals surface area contributed by atoms with Gasteiger partial charge in [-0.25, -0.2) is 10.4 Å². The van der Waals surface area contributed by atoms with Gasteiger partial charge in [-0.05, 0) is 18.2 Å². The Kier molecular flexibility index (Phi) is 6.75. The lowest BCUT2D eigenvalue weighted by Gasteiger charge is -2.18. The Morgan fingerprint density at radius 3 is 2.07 bits per heavy atom. The highest BCUT2D eigenvalue weighted by Gasteiger charge is 2.14. The van der Waals surface area contributed by atoms with Crippen molar-refractivity contribution in [2.45, 2.75) is 0 Å². The van der Waals surface area contributed by atoms with Crippen molar-refractivity contribution in [2.24, 2.45) is 5.10 Å². The van der Waals surface area contributed by atoms with Crippen LogP contribution in [0.2, 0.25) is 0 Å². The molecule has 0 saturated heterocycles. The highest BCUT2D eigenvalue weighted by molar-refractivity contribution is 6.13. The third-order valence-corrected chi connectivity index (χ3v) is 4.49. The van der Waals surface area contributed by atoms with Gasteiger partial charge in [-0.3, -0.25) is 5.43 Å². The summed E-state index contributed by atoms with van der Waals surface area (Å²) in [6.07, 6.45) is 0. The fourth-order valence-electron chi connectivity index (χ4n) is 2.88. The van der Waals surface area contributed by atoms with Gasteiger partial charge < -0.3 is 15.3 Å². The van der Waals surface area contributed by atoms with E-state index in [-0.39, 0.29) is 17.1 Å². The molecule has 0 aromatic heterocycles. The molecule has 0 aliphatic heterocycles. The van der Waals surface area contributed by atoms with Crippen LogP contribution in [0.3, 0.4) is 0 Å². The molecule has 0 radical (unpaired) electrons. The van der Waals surface area contributed by atoms with Crippen LogP contribution in [0.5, 0.6) is 0 Å². The lowest BCUT2D eigenvalue weighted by Crippen LogP contribution is -3.00. The Balaban J connectivity index is 2.01. The van der Waals surface area contributed by atoms with Crippen molar-refractivity contribution in [3.05, 3.63) is 94.3 Å². The minimum absolute atomic E-state index is 0.107. The molecule has 9 heteroatoms. The Hall–Kier alpha value is -3.31. The molecule has 0 amide bonds. The van der Waals surface area contributed by atoms with E-state index < -0.39 is 10.5 Å². The summed E-state index contributed by atoms with van der Waals surface area (Å²) in [7, 11) is 3.91. The fraction of sp³-hybridized carbons (Fsp3) is 0.0952. The predicted octanol–water partition coefficient (Wildman–Crippen LogP) is 1.42. The van der Waals surface area contributed by atoms with Gasteiger partial charge in [0.25, 0.3) is 0 Å². The van der Waals surface area contributed by atoms with Crippen LogP contribution in [0.15, 0.2) is 77.9 Å². The van der Waals surface area contributed by atoms with Crippen molar-refractivity contribution < 1.29 is 20.9 Å². The van der Waals surface area contributed by atoms with E-state index in [9.17, 15) is 15.6 Å². The third kappa shape index (κ3) is 4.99. The Morgan fingerprint density at radius 2 is 1.50 bits per heavy atom. The Morgan fingerprint density at radius 1 is 0.867 bits per heavy atom. The maximum absolute atomic E-state index is 11.6. The maximum Gasteiger partial charge on any atom is 0.195 e. The van der Waals surface area contributed by atoms with E-state index in [1.54, 1.807) is 0 Å². The van der Waals surface area contributed by atoms with E-state index in [0.29, 0.717) is 5.71 Å². The second-order valence-electron chi connectivity index (χ2n) is 6.75. The second kappa shape index (κ2) is 9.46. The average molecular weight is 409 g/mol. The summed E-state index contributed by atoms with van der Waals surface area (Å²) in [5.41, 5.74) is 6.08. The number of anilines is 2. The van der Waals surface area contributed by atoms with Crippen LogP contribution in [0.4, 0.5) is 22.7 Å². The number of hydrogen-bond acceptors (Lipinski definition) is 7. The first kappa shape index (κ1) is 21.4. The van der Waals surface area contributed by atoms with Crippen LogP contribution in [0.25, 0.3) is 0 Å². The number of rotatable bonds is 7. The zero-order chi connectivity index (χ0) is 21.7. The second-order valence-corrected chi connectivity index (χ2v) is 6.75. The highest BCUT2D eigenvalue weighted by Crippen LogP contribution is 2.22. The van der Waals surface area contributed by atoms with Gasteiger partial charge in [0.15, 0.2) is 11.4 Å². The molecule has 0 aliphatic rings. The van der Waals surface area contributed by atoms with Crippen LogP contribution in [-0.2, 0) is 0 Å². The number of benzene rings is 3. The third-order valence-electron chi connectivity index (χ3n) is 4.49. The first-order valence-corrected chi connectivity index (χ1v) is 9.14. The van der Waals surface area contributed by atoms with Crippen LogP contribution in [-0.4, -0.2) is 30.2 Å². The van der Waals surface area contributed by atoms with Gasteiger partial charge in [-0.15, -0.1) is 0 Å². The van der Waals surface area contributed by atoms with E-state index in [1.807, 2.05) is 73.6 Å². The van der Waals surface area contributed by atoms with Crippen molar-refractivity contribution in [3.8, 4) is 0 Å². The van der Waals surface area contributed by atoms with Gasteiger partial charge >= 0.3 is 0 Å². The molecular formula is C21H23N5O4. The number of hydrazone groups is 1. The summed E-state index contributed by atoms with van der Waals surface area (Å²) in [6.45, 7) is 0. The molecule has 2 unspecified atom stereocenters. The first-order chi connectivity index (χ1) is 14.4. The zero-order valence-electron chi connectivity index (χ0n) is 16.5. The summed E-state index contributed by atoms with van der Waals surface area (Å²) in [5, 5.41) is 43.4. The van der Waals surface area contributed by atoms with E-state index in [2.05, 4.69) is 10.5 Å². The van der Waals surface area contributed by atoms with E-state index in [1.165, 1.54) is 12.1 Å². The lowest BCUT2D eigenvalue weighted by molar-refractivity contribution is -0.996. The van der Waals surface area contributed by atoms with Crippen LogP contribution >= 0.6 is 0 Å². The van der Waals surface area contributed by atoms with Crippen molar-refractivity contribution in [2.75, 3.05) is 24.4 Å². The van der Waals surface area contributed by atoms with Crippen LogP contribution in [0.1, 0.15) is 11.1 Å². The molecule has 3 aromatic carbocycles. The molecule has 156 valence electrons. The molecular weight excluding hydrogens is 386 g/mol. The molecule has 2 atom stereocenters. The first-order valence-electron chi connectivity index (χ1n) is 9.14. The van der Waals surface area contributed by atoms with Gasteiger partial charge in [0.2, 0.25) is 0 Å². The fourth-order valence-corrected chi connectivity index (χ4v) is 2.88. The normalized spacial score (nSPS) is 13.6. The molecule has 0 aliphatic carbocycles. The lowest BCUT2D eigenvalue weighted by atomic mass is 10.0. The molecule has 0 heterocycles. The minimum atomic E-state index is -1.24. The van der Waals surface area contributed by atoms with Gasteiger partial charge in [0.1, 0.15) is 5.69 Å². The molecule has 0 saturated carbocycles. The number of nitrogens with zero attached hydrogens (tertiary/aromatic N) is 2. The van der Waals surface area contributed by atoms with Crippen molar-refractivity contribution in [3.63, 3.8) is 0 Å². The van der Waals surface area contributed by atoms with Gasteiger partial charge in [-0.1, -0.05) is 42.5 Å². The largest absolute Gasteiger partial charge is 0.595 e. The highest BCUT2D eigenvalue weighted by atomic mass is 16.8. The molecule has 3 aromatic rings. The van der Waals surface area contributed by atoms with Crippen molar-refractivity contribution in [1.29, 1.82) is 0 Å². The van der Waals surface area contributed by atoms with Gasteiger partial charge in [0, 0.05) is 37.0 Å². The summed E-state index contributed by atoms with van der Waals surface area (Å²) in [5.74, 6) is 0. The predicted molar refractivity (Wildman–Crippen MR) is 114 cm³/mol. The van der Waals surface area contributed by atoms with E-state index >= 15 is 0 Å². The SMILES string of the molecule is CN(C)c1ccc(C(=NNc2ccc([NH+]([O-])O)cc2[NH+]([O-])O)c2ccccc2)cc1. The van der Waals surface area contributed by atoms with Gasteiger partial charge in [0.05, 0.1) is 11.8 Å². The van der Waals surface area contributed by atoms with Gasteiger partial charge in [-0.2, -0.15) is 15.6 Å². The van der Waals surface area contributed by atoms with Crippen molar-refractivity contribution in [1.82, 2.24) is 0 Å². The molecule has 0 fully saturated rings. The average Bonchev–Trinajstić information content (AvgIpc) is 2.74. The topological polar surface area (TPSA) is 123 Å². The van der Waals surface area contributed by atoms with Crippen molar-refractivity contribution >= 4 is 28.5 Å². The summed E-state index contributed by atoms with van der Waals surface area (Å²) in [6, 6.07) is 21.2. The maximum atomic E-state index is 11.6. The molecule has 30 heavy (non-hydrogen) atoms. The van der Waals surface area contributed by atoms with Crippen LogP contribution in [0, 0.1) is 10.4 Å². The standard InChI is InChI=1S/C21H23N5O4/c1-24(2)17-10-8-16(9-11-17)21(15-6-4-3-5-7-15)23-22-19-13-12-18(25(27)28)14-20(19)26(29)30/h3-14,22,25-27,29H,1-2H3. The Bertz CT molecular complexity index is 1010. The zero-order valence-corrected chi connectivity index (χ0v) is 16.5. The smallest absolute Gasteiger partial charge is 0.195 e. The minimum Gasteiger partial charge on any atom is -0.595 e. The summed E-state index contributed by atoms with van der Waals surface area (Å²) in [4.78, 5) is 1.99.